The molecular weight excluding hydrogens is 252 g/mol. The Morgan fingerprint density at radius 3 is 2.25 bits per heavy atom. The van der Waals surface area contributed by atoms with E-state index in [0.717, 1.165) is 18.4 Å². The number of ether oxygens (including phenoxy) is 1. The van der Waals surface area contributed by atoms with Gasteiger partial charge in [-0.3, -0.25) is 4.79 Å². The van der Waals surface area contributed by atoms with E-state index in [4.69, 9.17) is 4.74 Å². The van der Waals surface area contributed by atoms with E-state index in [1.165, 1.54) is 12.8 Å². The molecule has 0 spiro atoms. The van der Waals surface area contributed by atoms with Crippen molar-refractivity contribution in [2.24, 2.45) is 5.92 Å². The summed E-state index contributed by atoms with van der Waals surface area (Å²) in [4.78, 5) is 12.5. The van der Waals surface area contributed by atoms with Crippen LogP contribution >= 0.6 is 0 Å². The Labute approximate surface area is 121 Å². The van der Waals surface area contributed by atoms with E-state index in [9.17, 15) is 9.90 Å². The first-order valence-electron chi connectivity index (χ1n) is 7.38. The van der Waals surface area contributed by atoms with E-state index < -0.39 is 5.60 Å². The highest BCUT2D eigenvalue weighted by atomic mass is 16.6. The molecule has 1 aliphatic rings. The van der Waals surface area contributed by atoms with Gasteiger partial charge in [0.1, 0.15) is 11.4 Å². The number of phenolic OH excluding ortho intramolecular Hbond substituents is 1. The zero-order valence-electron chi connectivity index (χ0n) is 12.6. The van der Waals surface area contributed by atoms with E-state index in [0.29, 0.717) is 5.92 Å². The zero-order chi connectivity index (χ0) is 14.8. The lowest BCUT2D eigenvalue weighted by Crippen LogP contribution is -2.30. The van der Waals surface area contributed by atoms with Crippen LogP contribution < -0.4 is 0 Å². The van der Waals surface area contributed by atoms with Crippen LogP contribution in [0.15, 0.2) is 24.3 Å². The van der Waals surface area contributed by atoms with Crippen LogP contribution in [0.3, 0.4) is 0 Å². The van der Waals surface area contributed by atoms with Gasteiger partial charge in [0.2, 0.25) is 0 Å². The van der Waals surface area contributed by atoms with Crippen LogP contribution in [0.5, 0.6) is 5.75 Å². The first kappa shape index (κ1) is 14.9. The van der Waals surface area contributed by atoms with Crippen LogP contribution in [0.4, 0.5) is 0 Å². The van der Waals surface area contributed by atoms with Crippen molar-refractivity contribution < 1.29 is 14.6 Å². The maximum Gasteiger partial charge on any atom is 0.314 e. The lowest BCUT2D eigenvalue weighted by Gasteiger charge is -2.27. The Kier molecular flexibility index (Phi) is 4.36. The van der Waals surface area contributed by atoms with Crippen molar-refractivity contribution in [2.75, 3.05) is 0 Å². The second-order valence-corrected chi connectivity index (χ2v) is 6.65. The molecule has 0 amide bonds. The maximum absolute atomic E-state index is 12.5. The fourth-order valence-electron chi connectivity index (χ4n) is 2.94. The molecule has 1 N–H and O–H groups in total. The van der Waals surface area contributed by atoms with Gasteiger partial charge in [-0.1, -0.05) is 25.0 Å². The molecule has 3 heteroatoms. The lowest BCUT2D eigenvalue weighted by atomic mass is 9.84. The van der Waals surface area contributed by atoms with Gasteiger partial charge in [0.15, 0.2) is 0 Å². The Balaban J connectivity index is 2.24. The normalized spacial score (nSPS) is 17.9. The summed E-state index contributed by atoms with van der Waals surface area (Å²) in [5.74, 6) is 0.227. The van der Waals surface area contributed by atoms with Gasteiger partial charge in [-0.05, 0) is 57.2 Å². The average Bonchev–Trinajstić information content (AvgIpc) is 2.83. The highest BCUT2D eigenvalue weighted by Crippen LogP contribution is 2.39. The third-order valence-electron chi connectivity index (χ3n) is 3.78. The highest BCUT2D eigenvalue weighted by molar-refractivity contribution is 5.79. The summed E-state index contributed by atoms with van der Waals surface area (Å²) in [5, 5.41) is 9.41. The molecule has 1 fully saturated rings. The van der Waals surface area contributed by atoms with E-state index in [2.05, 4.69) is 0 Å². The molecule has 0 aliphatic heterocycles. The zero-order valence-corrected chi connectivity index (χ0v) is 12.6. The number of esters is 1. The van der Waals surface area contributed by atoms with Gasteiger partial charge >= 0.3 is 5.97 Å². The number of rotatable bonds is 3. The number of hydrogen-bond acceptors (Lipinski definition) is 3. The van der Waals surface area contributed by atoms with E-state index >= 15 is 0 Å². The fourth-order valence-corrected chi connectivity index (χ4v) is 2.94. The molecule has 0 saturated heterocycles. The van der Waals surface area contributed by atoms with Crippen molar-refractivity contribution in [1.29, 1.82) is 0 Å². The number of phenols is 1. The number of hydrogen-bond donors (Lipinski definition) is 1. The molecule has 3 nitrogen and oxygen atoms in total. The third-order valence-corrected chi connectivity index (χ3v) is 3.78. The standard InChI is InChI=1S/C17H24O3/c1-17(2,3)20-16(19)15(12-6-4-5-7-12)13-8-10-14(18)11-9-13/h8-12,15,18H,4-7H2,1-3H3. The molecule has 1 aromatic carbocycles. The second kappa shape index (κ2) is 5.86. The third kappa shape index (κ3) is 3.75. The summed E-state index contributed by atoms with van der Waals surface area (Å²) in [7, 11) is 0. The quantitative estimate of drug-likeness (QED) is 0.848. The summed E-state index contributed by atoms with van der Waals surface area (Å²) in [6, 6.07) is 6.95. The minimum atomic E-state index is -0.467. The van der Waals surface area contributed by atoms with Crippen LogP contribution in [0.1, 0.15) is 57.9 Å². The predicted octanol–water partition coefficient (Wildman–Crippen LogP) is 4.01. The van der Waals surface area contributed by atoms with Gasteiger partial charge < -0.3 is 9.84 Å². The first-order chi connectivity index (χ1) is 9.37. The molecule has 1 unspecified atom stereocenters. The summed E-state index contributed by atoms with van der Waals surface area (Å²) >= 11 is 0. The van der Waals surface area contributed by atoms with Crippen LogP contribution in [0, 0.1) is 5.92 Å². The van der Waals surface area contributed by atoms with Crippen molar-refractivity contribution in [3.63, 3.8) is 0 Å². The Hall–Kier alpha value is -1.51. The molecule has 1 atom stereocenters. The van der Waals surface area contributed by atoms with Crippen molar-refractivity contribution in [1.82, 2.24) is 0 Å². The number of carbonyl (C=O) groups is 1. The van der Waals surface area contributed by atoms with Crippen molar-refractivity contribution in [2.45, 2.75) is 58.0 Å². The molecular formula is C17H24O3. The van der Waals surface area contributed by atoms with Gasteiger partial charge in [-0.2, -0.15) is 0 Å². The van der Waals surface area contributed by atoms with Gasteiger partial charge in [0.05, 0.1) is 5.92 Å². The molecule has 1 aromatic rings. The SMILES string of the molecule is CC(C)(C)OC(=O)C(c1ccc(O)cc1)C1CCCC1. The van der Waals surface area contributed by atoms with E-state index in [1.807, 2.05) is 32.9 Å². The van der Waals surface area contributed by atoms with Crippen LogP contribution in [-0.2, 0) is 9.53 Å². The predicted molar refractivity (Wildman–Crippen MR) is 78.7 cm³/mol. The summed E-state index contributed by atoms with van der Waals surface area (Å²) in [6.07, 6.45) is 4.51. The van der Waals surface area contributed by atoms with Gasteiger partial charge in [-0.25, -0.2) is 0 Å². The largest absolute Gasteiger partial charge is 0.508 e. The average molecular weight is 276 g/mol. The number of benzene rings is 1. The fraction of sp³-hybridized carbons (Fsp3) is 0.588. The van der Waals surface area contributed by atoms with E-state index in [1.54, 1.807) is 12.1 Å². The summed E-state index contributed by atoms with van der Waals surface area (Å²) in [6.45, 7) is 5.69. The monoisotopic (exact) mass is 276 g/mol. The Bertz CT molecular complexity index is 450. The molecule has 2 rings (SSSR count). The number of aromatic hydroxyl groups is 1. The molecule has 0 radical (unpaired) electrons. The van der Waals surface area contributed by atoms with Gasteiger partial charge in [0, 0.05) is 0 Å². The highest BCUT2D eigenvalue weighted by Gasteiger charge is 2.35. The van der Waals surface area contributed by atoms with Crippen molar-refractivity contribution in [3.8, 4) is 5.75 Å². The van der Waals surface area contributed by atoms with Crippen LogP contribution in [0.2, 0.25) is 0 Å². The molecule has 0 bridgehead atoms. The van der Waals surface area contributed by atoms with Crippen molar-refractivity contribution >= 4 is 5.97 Å². The molecule has 0 heterocycles. The minimum Gasteiger partial charge on any atom is -0.508 e. The smallest absolute Gasteiger partial charge is 0.314 e. The summed E-state index contributed by atoms with van der Waals surface area (Å²) < 4.78 is 5.60. The molecule has 1 aliphatic carbocycles. The van der Waals surface area contributed by atoms with Crippen molar-refractivity contribution in [3.05, 3.63) is 29.8 Å². The van der Waals surface area contributed by atoms with E-state index in [-0.39, 0.29) is 17.6 Å². The summed E-state index contributed by atoms with van der Waals surface area (Å²) in [5.41, 5.74) is 0.481. The Morgan fingerprint density at radius 1 is 1.20 bits per heavy atom. The Morgan fingerprint density at radius 2 is 1.75 bits per heavy atom. The van der Waals surface area contributed by atoms with Gasteiger partial charge in [0.25, 0.3) is 0 Å². The minimum absolute atomic E-state index is 0.143. The van der Waals surface area contributed by atoms with Crippen LogP contribution in [0.25, 0.3) is 0 Å². The molecule has 1 saturated carbocycles. The topological polar surface area (TPSA) is 46.5 Å². The first-order valence-corrected chi connectivity index (χ1v) is 7.38. The molecule has 20 heavy (non-hydrogen) atoms. The number of carbonyl (C=O) groups excluding carboxylic acids is 1. The second-order valence-electron chi connectivity index (χ2n) is 6.65. The lowest BCUT2D eigenvalue weighted by molar-refractivity contribution is -0.158. The maximum atomic E-state index is 12.5. The van der Waals surface area contributed by atoms with Gasteiger partial charge in [-0.15, -0.1) is 0 Å². The van der Waals surface area contributed by atoms with Crippen LogP contribution in [-0.4, -0.2) is 16.7 Å². The molecule has 0 aromatic heterocycles. The molecule has 110 valence electrons.